The van der Waals surface area contributed by atoms with Gasteiger partial charge in [-0.25, -0.2) is 0 Å². The van der Waals surface area contributed by atoms with Gasteiger partial charge in [-0.2, -0.15) is 0 Å². The second-order valence-corrected chi connectivity index (χ2v) is 5.52. The fourth-order valence-electron chi connectivity index (χ4n) is 2.58. The van der Waals surface area contributed by atoms with Crippen molar-refractivity contribution in [3.8, 4) is 5.75 Å². The van der Waals surface area contributed by atoms with E-state index in [1.54, 1.807) is 13.0 Å². The van der Waals surface area contributed by atoms with Gasteiger partial charge < -0.3 is 10.1 Å². The van der Waals surface area contributed by atoms with Gasteiger partial charge in [0.15, 0.2) is 6.10 Å². The third-order valence-corrected chi connectivity index (χ3v) is 3.78. The predicted molar refractivity (Wildman–Crippen MR) is 88.7 cm³/mol. The van der Waals surface area contributed by atoms with E-state index in [0.717, 1.165) is 5.56 Å². The predicted octanol–water partition coefficient (Wildman–Crippen LogP) is 2.75. The number of nitrogens with one attached hydrogen (secondary N) is 1. The van der Waals surface area contributed by atoms with Crippen LogP contribution in [0, 0.1) is 6.92 Å². The van der Waals surface area contributed by atoms with Crippen LogP contribution in [0.3, 0.4) is 0 Å². The molecule has 23 heavy (non-hydrogen) atoms. The summed E-state index contributed by atoms with van der Waals surface area (Å²) in [4.78, 5) is 26.0. The normalized spacial score (nSPS) is 14.7. The van der Waals surface area contributed by atoms with E-state index < -0.39 is 6.10 Å². The first-order chi connectivity index (χ1) is 11.1. The van der Waals surface area contributed by atoms with Crippen molar-refractivity contribution in [2.24, 2.45) is 0 Å². The SMILES string of the molecule is Cc1ccccc1O[C@H](C)C(=O)N1CC(=O)Nc2ccccc21. The highest BCUT2D eigenvalue weighted by Crippen LogP contribution is 2.30. The van der Waals surface area contributed by atoms with Gasteiger partial charge in [-0.15, -0.1) is 0 Å². The van der Waals surface area contributed by atoms with Crippen LogP contribution in [-0.2, 0) is 9.59 Å². The first kappa shape index (κ1) is 15.1. The summed E-state index contributed by atoms with van der Waals surface area (Å²) >= 11 is 0. The van der Waals surface area contributed by atoms with Crippen LogP contribution in [0.15, 0.2) is 48.5 Å². The zero-order valence-electron chi connectivity index (χ0n) is 13.1. The van der Waals surface area contributed by atoms with Crippen LogP contribution in [0.1, 0.15) is 12.5 Å². The lowest BCUT2D eigenvalue weighted by Crippen LogP contribution is -2.47. The Kier molecular flexibility index (Phi) is 4.02. The molecule has 118 valence electrons. The molecular weight excluding hydrogens is 292 g/mol. The van der Waals surface area contributed by atoms with E-state index in [1.807, 2.05) is 49.4 Å². The van der Waals surface area contributed by atoms with Gasteiger partial charge >= 0.3 is 0 Å². The van der Waals surface area contributed by atoms with E-state index in [4.69, 9.17) is 4.74 Å². The van der Waals surface area contributed by atoms with Gasteiger partial charge in [0.25, 0.3) is 5.91 Å². The maximum absolute atomic E-state index is 12.7. The lowest BCUT2D eigenvalue weighted by Gasteiger charge is -2.31. The molecule has 2 amide bonds. The van der Waals surface area contributed by atoms with Gasteiger partial charge in [0, 0.05) is 0 Å². The molecule has 0 aromatic heterocycles. The van der Waals surface area contributed by atoms with Gasteiger partial charge in [-0.1, -0.05) is 30.3 Å². The molecule has 1 N–H and O–H groups in total. The van der Waals surface area contributed by atoms with Crippen LogP contribution in [-0.4, -0.2) is 24.5 Å². The van der Waals surface area contributed by atoms with E-state index in [0.29, 0.717) is 17.1 Å². The van der Waals surface area contributed by atoms with Crippen molar-refractivity contribution in [1.82, 2.24) is 0 Å². The van der Waals surface area contributed by atoms with E-state index in [1.165, 1.54) is 4.90 Å². The lowest BCUT2D eigenvalue weighted by molar-refractivity contribution is -0.126. The summed E-state index contributed by atoms with van der Waals surface area (Å²) in [6.45, 7) is 3.62. The fourth-order valence-corrected chi connectivity index (χ4v) is 2.58. The highest BCUT2D eigenvalue weighted by molar-refractivity contribution is 6.10. The molecule has 3 rings (SSSR count). The topological polar surface area (TPSA) is 58.6 Å². The molecule has 5 heteroatoms. The van der Waals surface area contributed by atoms with Crippen LogP contribution >= 0.6 is 0 Å². The van der Waals surface area contributed by atoms with Crippen molar-refractivity contribution >= 4 is 23.2 Å². The molecule has 0 saturated carbocycles. The number of carbonyl (C=O) groups is 2. The van der Waals surface area contributed by atoms with Crippen molar-refractivity contribution in [3.63, 3.8) is 0 Å². The number of amides is 2. The van der Waals surface area contributed by atoms with Crippen LogP contribution < -0.4 is 15.0 Å². The van der Waals surface area contributed by atoms with Crippen LogP contribution in [0.5, 0.6) is 5.75 Å². The molecule has 0 radical (unpaired) electrons. The third-order valence-electron chi connectivity index (χ3n) is 3.78. The molecule has 1 aliphatic rings. The quantitative estimate of drug-likeness (QED) is 0.948. The number of para-hydroxylation sites is 3. The molecule has 1 heterocycles. The zero-order valence-corrected chi connectivity index (χ0v) is 13.1. The molecule has 0 saturated heterocycles. The Labute approximate surface area is 134 Å². The minimum atomic E-state index is -0.685. The van der Waals surface area contributed by atoms with Crippen molar-refractivity contribution in [2.45, 2.75) is 20.0 Å². The molecule has 0 unspecified atom stereocenters. The number of hydrogen-bond acceptors (Lipinski definition) is 3. The van der Waals surface area contributed by atoms with E-state index in [-0.39, 0.29) is 18.4 Å². The number of rotatable bonds is 3. The smallest absolute Gasteiger partial charge is 0.268 e. The Bertz CT molecular complexity index is 757. The van der Waals surface area contributed by atoms with Gasteiger partial charge in [0.05, 0.1) is 11.4 Å². The number of aryl methyl sites for hydroxylation is 1. The van der Waals surface area contributed by atoms with E-state index in [2.05, 4.69) is 5.32 Å². The monoisotopic (exact) mass is 310 g/mol. The molecule has 2 aromatic carbocycles. The Morgan fingerprint density at radius 2 is 1.87 bits per heavy atom. The maximum atomic E-state index is 12.7. The Hall–Kier alpha value is -2.82. The van der Waals surface area contributed by atoms with Gasteiger partial charge in [0.2, 0.25) is 5.91 Å². The molecule has 0 fully saturated rings. The summed E-state index contributed by atoms with van der Waals surface area (Å²) < 4.78 is 5.79. The number of ether oxygens (including phenoxy) is 1. The highest BCUT2D eigenvalue weighted by atomic mass is 16.5. The Morgan fingerprint density at radius 1 is 1.17 bits per heavy atom. The summed E-state index contributed by atoms with van der Waals surface area (Å²) in [7, 11) is 0. The van der Waals surface area contributed by atoms with Crippen LogP contribution in [0.4, 0.5) is 11.4 Å². The molecule has 1 aliphatic heterocycles. The summed E-state index contributed by atoms with van der Waals surface area (Å²) in [5.74, 6) is 0.221. The summed E-state index contributed by atoms with van der Waals surface area (Å²) in [6, 6.07) is 14.8. The number of hydrogen-bond donors (Lipinski definition) is 1. The largest absolute Gasteiger partial charge is 0.481 e. The Morgan fingerprint density at radius 3 is 2.65 bits per heavy atom. The van der Waals surface area contributed by atoms with Crippen LogP contribution in [0.25, 0.3) is 0 Å². The van der Waals surface area contributed by atoms with Gasteiger partial charge in [0.1, 0.15) is 12.3 Å². The second-order valence-electron chi connectivity index (χ2n) is 5.52. The lowest BCUT2D eigenvalue weighted by atomic mass is 10.1. The fraction of sp³-hybridized carbons (Fsp3) is 0.222. The molecule has 0 bridgehead atoms. The van der Waals surface area contributed by atoms with Crippen molar-refractivity contribution in [2.75, 3.05) is 16.8 Å². The summed E-state index contributed by atoms with van der Waals surface area (Å²) in [6.07, 6.45) is -0.685. The van der Waals surface area contributed by atoms with Crippen molar-refractivity contribution in [3.05, 3.63) is 54.1 Å². The average Bonchev–Trinajstić information content (AvgIpc) is 2.55. The van der Waals surface area contributed by atoms with Crippen molar-refractivity contribution in [1.29, 1.82) is 0 Å². The first-order valence-electron chi connectivity index (χ1n) is 7.49. The van der Waals surface area contributed by atoms with E-state index >= 15 is 0 Å². The first-order valence-corrected chi connectivity index (χ1v) is 7.49. The van der Waals surface area contributed by atoms with Gasteiger partial charge in [-0.3, -0.25) is 14.5 Å². The van der Waals surface area contributed by atoms with Gasteiger partial charge in [-0.05, 0) is 37.6 Å². The van der Waals surface area contributed by atoms with Crippen LogP contribution in [0.2, 0.25) is 0 Å². The average molecular weight is 310 g/mol. The molecule has 5 nitrogen and oxygen atoms in total. The number of nitrogens with zero attached hydrogens (tertiary/aromatic N) is 1. The third kappa shape index (κ3) is 3.04. The molecule has 0 spiro atoms. The summed E-state index contributed by atoms with van der Waals surface area (Å²) in [5.41, 5.74) is 2.29. The zero-order chi connectivity index (χ0) is 16.4. The number of carbonyl (C=O) groups excluding carboxylic acids is 2. The number of fused-ring (bicyclic) bond motifs is 1. The second kappa shape index (κ2) is 6.12. The number of anilines is 2. The minimum Gasteiger partial charge on any atom is -0.481 e. The number of benzene rings is 2. The minimum absolute atomic E-state index is 0.00266. The molecular formula is C18H18N2O3. The molecule has 0 aliphatic carbocycles. The molecule has 2 aromatic rings. The Balaban J connectivity index is 1.83. The standard InChI is InChI=1S/C18H18N2O3/c1-12-7-3-6-10-16(12)23-13(2)18(22)20-11-17(21)19-14-8-4-5-9-15(14)20/h3-10,13H,11H2,1-2H3,(H,19,21)/t13-/m1/s1. The summed E-state index contributed by atoms with van der Waals surface area (Å²) in [5, 5.41) is 2.77. The van der Waals surface area contributed by atoms with E-state index in [9.17, 15) is 9.59 Å². The maximum Gasteiger partial charge on any atom is 0.268 e. The highest BCUT2D eigenvalue weighted by Gasteiger charge is 2.30. The molecule has 1 atom stereocenters. The van der Waals surface area contributed by atoms with Crippen molar-refractivity contribution < 1.29 is 14.3 Å².